The molecule has 30 heavy (non-hydrogen) atoms. The fourth-order valence-corrected chi connectivity index (χ4v) is 2.28. The third-order valence-corrected chi connectivity index (χ3v) is 3.13. The van der Waals surface area contributed by atoms with Crippen molar-refractivity contribution in [3.05, 3.63) is 48.5 Å². The van der Waals surface area contributed by atoms with E-state index in [1.807, 2.05) is 104 Å². The van der Waals surface area contributed by atoms with Crippen LogP contribution in [0.4, 0.5) is 0 Å². The van der Waals surface area contributed by atoms with Crippen LogP contribution in [0.3, 0.4) is 0 Å². The molecule has 0 amide bonds. The minimum atomic E-state index is 0.215. The summed E-state index contributed by atoms with van der Waals surface area (Å²) in [4.78, 5) is 0. The Kier molecular flexibility index (Phi) is 14.2. The van der Waals surface area contributed by atoms with Crippen LogP contribution in [-0.4, -0.2) is 34.9 Å². The summed E-state index contributed by atoms with van der Waals surface area (Å²) in [6.07, 6.45) is 0.859. The summed E-state index contributed by atoms with van der Waals surface area (Å²) in [5.74, 6) is 3.54. The summed E-state index contributed by atoms with van der Waals surface area (Å²) < 4.78 is 22.1. The third kappa shape index (κ3) is 13.7. The van der Waals surface area contributed by atoms with Crippen molar-refractivity contribution in [1.82, 2.24) is 0 Å². The van der Waals surface area contributed by atoms with Gasteiger partial charge in [-0.2, -0.15) is 0 Å². The lowest BCUT2D eigenvalue weighted by Crippen LogP contribution is -2.07. The Morgan fingerprint density at radius 1 is 0.400 bits per heavy atom. The van der Waals surface area contributed by atoms with Crippen molar-refractivity contribution in [2.75, 3.05) is 0 Å². The van der Waals surface area contributed by atoms with Crippen LogP contribution in [0.2, 0.25) is 0 Å². The molecule has 2 rings (SSSR count). The second-order valence-electron chi connectivity index (χ2n) is 7.61. The van der Waals surface area contributed by atoms with Crippen molar-refractivity contribution >= 4 is 0 Å². The van der Waals surface area contributed by atoms with E-state index in [9.17, 15) is 0 Å². The average molecular weight is 423 g/mol. The summed E-state index contributed by atoms with van der Waals surface area (Å²) >= 11 is 0. The Bertz CT molecular complexity index is 531. The summed E-state index contributed by atoms with van der Waals surface area (Å²) in [5.41, 5.74) is 0. The van der Waals surface area contributed by atoms with Gasteiger partial charge in [0.25, 0.3) is 0 Å². The summed E-state index contributed by atoms with van der Waals surface area (Å²) in [6.45, 7) is 16.1. The van der Waals surface area contributed by atoms with Gasteiger partial charge in [-0.25, -0.2) is 0 Å². The van der Waals surface area contributed by atoms with Crippen molar-refractivity contribution in [2.24, 2.45) is 0 Å². The van der Waals surface area contributed by atoms with E-state index in [1.165, 1.54) is 0 Å². The lowest BCUT2D eigenvalue weighted by atomic mass is 10.3. The maximum Gasteiger partial charge on any atom is 0.119 e. The van der Waals surface area contributed by atoms with E-state index in [1.54, 1.807) is 0 Å². The van der Waals surface area contributed by atoms with Gasteiger partial charge in [-0.1, -0.05) is 0 Å². The topological polar surface area (TPSA) is 77.4 Å². The number of rotatable bonds is 8. The lowest BCUT2D eigenvalue weighted by Gasteiger charge is -2.12. The molecule has 0 unspecified atom stereocenters. The van der Waals surface area contributed by atoms with Gasteiger partial charge in [0.05, 0.1) is 24.4 Å². The second-order valence-corrected chi connectivity index (χ2v) is 7.61. The van der Waals surface area contributed by atoms with E-state index in [0.29, 0.717) is 0 Å². The van der Waals surface area contributed by atoms with Crippen LogP contribution in [0.25, 0.3) is 0 Å². The largest absolute Gasteiger partial charge is 0.491 e. The van der Waals surface area contributed by atoms with E-state index in [-0.39, 0.29) is 24.4 Å². The maximum absolute atomic E-state index is 6.00. The molecule has 0 aliphatic carbocycles. The van der Waals surface area contributed by atoms with Crippen molar-refractivity contribution in [3.63, 3.8) is 0 Å². The predicted molar refractivity (Wildman–Crippen MR) is 121 cm³/mol. The Morgan fingerprint density at radius 2 is 0.533 bits per heavy atom. The summed E-state index contributed by atoms with van der Waals surface area (Å²) in [7, 11) is 0. The number of hydrogen-bond acceptors (Lipinski definition) is 6. The Morgan fingerprint density at radius 3 is 0.633 bits per heavy atom. The highest BCUT2D eigenvalue weighted by molar-refractivity contribution is 5.32. The number of benzene rings is 2. The molecule has 0 aliphatic rings. The van der Waals surface area contributed by atoms with Gasteiger partial charge in [0.2, 0.25) is 0 Å². The normalized spacial score (nSPS) is 10.2. The quantitative estimate of drug-likeness (QED) is 0.371. The van der Waals surface area contributed by atoms with E-state index in [2.05, 4.69) is 0 Å². The molecule has 0 radical (unpaired) electrons. The van der Waals surface area contributed by atoms with Crippen LogP contribution >= 0.6 is 0 Å². The standard InChI is InChI=1S/2C12H18O2.H2O2/c2*1-9(2)13-11-5-7-12(8-6-11)14-10(3)4;1-2/h2*5-10H,1-4H3;1-2H. The van der Waals surface area contributed by atoms with Crippen LogP contribution in [0.5, 0.6) is 23.0 Å². The van der Waals surface area contributed by atoms with Gasteiger partial charge in [-0.15, -0.1) is 0 Å². The molecular weight excluding hydrogens is 384 g/mol. The predicted octanol–water partition coefficient (Wildman–Crippen LogP) is 6.54. The molecule has 6 heteroatoms. The fraction of sp³-hybridized carbons (Fsp3) is 0.500. The first-order valence-electron chi connectivity index (χ1n) is 10.2. The molecule has 0 aliphatic heterocycles. The zero-order valence-corrected chi connectivity index (χ0v) is 19.5. The monoisotopic (exact) mass is 422 g/mol. The van der Waals surface area contributed by atoms with Crippen LogP contribution in [0.1, 0.15) is 55.4 Å². The summed E-state index contributed by atoms with van der Waals surface area (Å²) in [6, 6.07) is 15.4. The molecule has 0 bridgehead atoms. The molecule has 0 aromatic heterocycles. The van der Waals surface area contributed by atoms with E-state index in [4.69, 9.17) is 29.5 Å². The first kappa shape index (κ1) is 27.6. The first-order valence-corrected chi connectivity index (χ1v) is 10.2. The molecule has 2 aromatic rings. The van der Waals surface area contributed by atoms with E-state index < -0.39 is 0 Å². The molecule has 0 atom stereocenters. The Hall–Kier alpha value is -2.44. The minimum Gasteiger partial charge on any atom is -0.491 e. The van der Waals surface area contributed by atoms with Gasteiger partial charge in [0, 0.05) is 0 Å². The fourth-order valence-electron chi connectivity index (χ4n) is 2.28. The Labute approximate surface area is 181 Å². The van der Waals surface area contributed by atoms with Crippen molar-refractivity contribution in [1.29, 1.82) is 0 Å². The van der Waals surface area contributed by atoms with Gasteiger partial charge >= 0.3 is 0 Å². The number of hydrogen-bond donors (Lipinski definition) is 2. The molecule has 0 saturated heterocycles. The molecule has 0 saturated carbocycles. The smallest absolute Gasteiger partial charge is 0.119 e. The molecule has 2 aromatic carbocycles. The molecule has 0 fully saturated rings. The lowest BCUT2D eigenvalue weighted by molar-refractivity contribution is -0.176. The van der Waals surface area contributed by atoms with Gasteiger partial charge in [0.15, 0.2) is 0 Å². The maximum atomic E-state index is 6.00. The molecular formula is C24H38O6. The van der Waals surface area contributed by atoms with Crippen molar-refractivity contribution in [3.8, 4) is 23.0 Å². The van der Waals surface area contributed by atoms with Crippen molar-refractivity contribution in [2.45, 2.75) is 79.8 Å². The highest BCUT2D eigenvalue weighted by atomic mass is 17.0. The molecule has 2 N–H and O–H groups in total. The molecule has 170 valence electrons. The third-order valence-electron chi connectivity index (χ3n) is 3.13. The zero-order valence-electron chi connectivity index (χ0n) is 19.5. The zero-order chi connectivity index (χ0) is 23.1. The SMILES string of the molecule is CC(C)Oc1ccc(OC(C)C)cc1.CC(C)Oc1ccc(OC(C)C)cc1.OO. The van der Waals surface area contributed by atoms with Crippen LogP contribution in [0.15, 0.2) is 48.5 Å². The molecule has 0 heterocycles. The number of ether oxygens (including phenoxy) is 4. The second kappa shape index (κ2) is 15.4. The average Bonchev–Trinajstić information content (AvgIpc) is 2.65. The van der Waals surface area contributed by atoms with Crippen LogP contribution in [-0.2, 0) is 0 Å². The Balaban J connectivity index is 0.000000518. The highest BCUT2D eigenvalue weighted by Gasteiger charge is 2.01. The van der Waals surface area contributed by atoms with Gasteiger partial charge in [-0.3, -0.25) is 10.5 Å². The minimum absolute atomic E-state index is 0.215. The van der Waals surface area contributed by atoms with Crippen LogP contribution in [0, 0.1) is 0 Å². The van der Waals surface area contributed by atoms with Gasteiger partial charge < -0.3 is 18.9 Å². The van der Waals surface area contributed by atoms with Crippen molar-refractivity contribution < 1.29 is 29.5 Å². The first-order chi connectivity index (χ1) is 14.2. The van der Waals surface area contributed by atoms with E-state index in [0.717, 1.165) is 23.0 Å². The summed E-state index contributed by atoms with van der Waals surface area (Å²) in [5, 5.41) is 12.0. The highest BCUT2D eigenvalue weighted by Crippen LogP contribution is 2.20. The van der Waals surface area contributed by atoms with Gasteiger partial charge in [0.1, 0.15) is 23.0 Å². The molecule has 0 spiro atoms. The van der Waals surface area contributed by atoms with E-state index >= 15 is 0 Å². The van der Waals surface area contributed by atoms with Gasteiger partial charge in [-0.05, 0) is 104 Å². The molecule has 6 nitrogen and oxygen atoms in total. The van der Waals surface area contributed by atoms with Crippen LogP contribution < -0.4 is 18.9 Å².